The molecular weight excluding hydrogens is 294 g/mol. The number of phenolic OH excluding ortho intramolecular Hbond substituents is 1. The molecule has 0 heterocycles. The molecule has 1 aliphatic carbocycles. The fourth-order valence-corrected chi connectivity index (χ4v) is 2.81. The number of hydrogen-bond donors (Lipinski definition) is 3. The molecule has 0 radical (unpaired) electrons. The van der Waals surface area contributed by atoms with E-state index in [9.17, 15) is 14.7 Å². The zero-order chi connectivity index (χ0) is 15.4. The summed E-state index contributed by atoms with van der Waals surface area (Å²) >= 11 is 5.72. The van der Waals surface area contributed by atoms with Crippen molar-refractivity contribution >= 4 is 23.5 Å². The molecule has 1 aromatic carbocycles. The molecule has 0 spiro atoms. The minimum Gasteiger partial charge on any atom is -0.507 e. The summed E-state index contributed by atoms with van der Waals surface area (Å²) in [6.45, 7) is 0.493. The molecule has 0 bridgehead atoms. The minimum absolute atomic E-state index is 0.144. The second-order valence-electron chi connectivity index (χ2n) is 5.43. The molecule has 1 fully saturated rings. The number of phenols is 1. The van der Waals surface area contributed by atoms with Gasteiger partial charge >= 0.3 is 5.97 Å². The van der Waals surface area contributed by atoms with E-state index in [4.69, 9.17) is 16.7 Å². The van der Waals surface area contributed by atoms with Crippen molar-refractivity contribution in [1.82, 2.24) is 5.32 Å². The first-order valence-electron chi connectivity index (χ1n) is 6.97. The summed E-state index contributed by atoms with van der Waals surface area (Å²) in [7, 11) is 0. The normalized spacial score (nSPS) is 21.8. The van der Waals surface area contributed by atoms with E-state index in [0.29, 0.717) is 30.3 Å². The van der Waals surface area contributed by atoms with Crippen molar-refractivity contribution in [3.05, 3.63) is 28.8 Å². The lowest BCUT2D eigenvalue weighted by Crippen LogP contribution is -2.32. The van der Waals surface area contributed by atoms with Gasteiger partial charge in [-0.15, -0.1) is 0 Å². The van der Waals surface area contributed by atoms with Crippen LogP contribution in [-0.2, 0) is 4.79 Å². The Balaban J connectivity index is 1.83. The predicted molar refractivity (Wildman–Crippen MR) is 78.5 cm³/mol. The molecule has 0 atom stereocenters. The molecule has 0 unspecified atom stereocenters. The van der Waals surface area contributed by atoms with E-state index in [1.54, 1.807) is 6.07 Å². The SMILES string of the molecule is O=C(NCC1CCC(C(=O)O)CC1)c1ccc(Cl)cc1O. The quantitative estimate of drug-likeness (QED) is 0.798. The summed E-state index contributed by atoms with van der Waals surface area (Å²) in [5.41, 5.74) is 0.193. The van der Waals surface area contributed by atoms with Crippen molar-refractivity contribution in [3.63, 3.8) is 0 Å². The molecule has 0 aliphatic heterocycles. The zero-order valence-electron chi connectivity index (χ0n) is 11.5. The van der Waals surface area contributed by atoms with Gasteiger partial charge in [0, 0.05) is 11.6 Å². The Bertz CT molecular complexity index is 538. The highest BCUT2D eigenvalue weighted by molar-refractivity contribution is 6.30. The van der Waals surface area contributed by atoms with Crippen LogP contribution >= 0.6 is 11.6 Å². The highest BCUT2D eigenvalue weighted by Gasteiger charge is 2.26. The number of nitrogens with one attached hydrogen (secondary N) is 1. The van der Waals surface area contributed by atoms with E-state index in [1.165, 1.54) is 12.1 Å². The third kappa shape index (κ3) is 4.11. The van der Waals surface area contributed by atoms with Crippen molar-refractivity contribution in [1.29, 1.82) is 0 Å². The molecule has 3 N–H and O–H groups in total. The van der Waals surface area contributed by atoms with E-state index in [1.807, 2.05) is 0 Å². The molecule has 114 valence electrons. The van der Waals surface area contributed by atoms with Crippen LogP contribution < -0.4 is 5.32 Å². The molecular formula is C15H18ClNO4. The van der Waals surface area contributed by atoms with Crippen LogP contribution in [0, 0.1) is 11.8 Å². The number of carboxylic acids is 1. The van der Waals surface area contributed by atoms with E-state index >= 15 is 0 Å². The second-order valence-corrected chi connectivity index (χ2v) is 5.86. The second kappa shape index (κ2) is 6.80. The van der Waals surface area contributed by atoms with E-state index in [-0.39, 0.29) is 23.1 Å². The topological polar surface area (TPSA) is 86.6 Å². The van der Waals surface area contributed by atoms with Gasteiger partial charge in [0.25, 0.3) is 5.91 Å². The lowest BCUT2D eigenvalue weighted by Gasteiger charge is -2.26. The van der Waals surface area contributed by atoms with Crippen LogP contribution in [0.4, 0.5) is 0 Å². The first kappa shape index (κ1) is 15.6. The highest BCUT2D eigenvalue weighted by Crippen LogP contribution is 2.28. The lowest BCUT2D eigenvalue weighted by molar-refractivity contribution is -0.143. The molecule has 0 aromatic heterocycles. The van der Waals surface area contributed by atoms with Crippen LogP contribution in [-0.4, -0.2) is 28.6 Å². The number of carbonyl (C=O) groups excluding carboxylic acids is 1. The molecule has 1 aromatic rings. The maximum absolute atomic E-state index is 12.0. The molecule has 1 aliphatic rings. The standard InChI is InChI=1S/C15H18ClNO4/c16-11-5-6-12(13(18)7-11)14(19)17-8-9-1-3-10(4-2-9)15(20)21/h5-7,9-10,18H,1-4,8H2,(H,17,19)(H,20,21). The zero-order valence-corrected chi connectivity index (χ0v) is 12.3. The molecule has 1 saturated carbocycles. The summed E-state index contributed by atoms with van der Waals surface area (Å²) in [6.07, 6.45) is 2.90. The van der Waals surface area contributed by atoms with Crippen molar-refractivity contribution in [2.75, 3.05) is 6.54 Å². The highest BCUT2D eigenvalue weighted by atomic mass is 35.5. The van der Waals surface area contributed by atoms with Gasteiger partial charge in [-0.05, 0) is 49.8 Å². The molecule has 2 rings (SSSR count). The van der Waals surface area contributed by atoms with Gasteiger partial charge in [-0.2, -0.15) is 0 Å². The van der Waals surface area contributed by atoms with Gasteiger partial charge in [0.2, 0.25) is 0 Å². The van der Waals surface area contributed by atoms with Crippen LogP contribution in [0.3, 0.4) is 0 Å². The first-order valence-corrected chi connectivity index (χ1v) is 7.34. The third-order valence-electron chi connectivity index (χ3n) is 3.95. The summed E-state index contributed by atoms with van der Waals surface area (Å²) in [4.78, 5) is 22.9. The summed E-state index contributed by atoms with van der Waals surface area (Å²) in [5.74, 6) is -1.18. The minimum atomic E-state index is -0.733. The molecule has 21 heavy (non-hydrogen) atoms. The lowest BCUT2D eigenvalue weighted by atomic mass is 9.82. The maximum atomic E-state index is 12.0. The Morgan fingerprint density at radius 2 is 1.90 bits per heavy atom. The smallest absolute Gasteiger partial charge is 0.306 e. The van der Waals surface area contributed by atoms with Crippen molar-refractivity contribution in [2.45, 2.75) is 25.7 Å². The Kier molecular flexibility index (Phi) is 5.07. The number of rotatable bonds is 4. The van der Waals surface area contributed by atoms with E-state index < -0.39 is 5.97 Å². The van der Waals surface area contributed by atoms with Crippen LogP contribution in [0.15, 0.2) is 18.2 Å². The summed E-state index contributed by atoms with van der Waals surface area (Å²) in [6, 6.07) is 4.36. The summed E-state index contributed by atoms with van der Waals surface area (Å²) in [5, 5.41) is 21.8. The fraction of sp³-hybridized carbons (Fsp3) is 0.467. The van der Waals surface area contributed by atoms with Gasteiger partial charge < -0.3 is 15.5 Å². The van der Waals surface area contributed by atoms with Crippen molar-refractivity contribution in [2.24, 2.45) is 11.8 Å². The van der Waals surface area contributed by atoms with Gasteiger partial charge in [-0.25, -0.2) is 0 Å². The number of aliphatic carboxylic acids is 1. The Labute approximate surface area is 127 Å². The summed E-state index contributed by atoms with van der Waals surface area (Å²) < 4.78 is 0. The van der Waals surface area contributed by atoms with Gasteiger partial charge in [0.05, 0.1) is 11.5 Å². The van der Waals surface area contributed by atoms with Gasteiger partial charge in [0.1, 0.15) is 5.75 Å². The molecule has 6 heteroatoms. The monoisotopic (exact) mass is 311 g/mol. The average Bonchev–Trinajstić information content (AvgIpc) is 2.45. The Hall–Kier alpha value is -1.75. The number of amides is 1. The van der Waals surface area contributed by atoms with Crippen molar-refractivity contribution < 1.29 is 19.8 Å². The largest absolute Gasteiger partial charge is 0.507 e. The Morgan fingerprint density at radius 3 is 2.48 bits per heavy atom. The third-order valence-corrected chi connectivity index (χ3v) is 4.19. The number of halogens is 1. The average molecular weight is 312 g/mol. The number of hydrogen-bond acceptors (Lipinski definition) is 3. The van der Waals surface area contributed by atoms with E-state index in [0.717, 1.165) is 12.8 Å². The van der Waals surface area contributed by atoms with Gasteiger partial charge in [-0.3, -0.25) is 9.59 Å². The predicted octanol–water partition coefficient (Wildman–Crippen LogP) is 2.67. The van der Waals surface area contributed by atoms with Crippen molar-refractivity contribution in [3.8, 4) is 5.75 Å². The van der Waals surface area contributed by atoms with Gasteiger partial charge in [0.15, 0.2) is 0 Å². The van der Waals surface area contributed by atoms with Crippen LogP contribution in [0.1, 0.15) is 36.0 Å². The van der Waals surface area contributed by atoms with Crippen LogP contribution in [0.5, 0.6) is 5.75 Å². The first-order chi connectivity index (χ1) is 9.97. The molecule has 0 saturated heterocycles. The van der Waals surface area contributed by atoms with Crippen LogP contribution in [0.2, 0.25) is 5.02 Å². The van der Waals surface area contributed by atoms with Gasteiger partial charge in [-0.1, -0.05) is 11.6 Å². The Morgan fingerprint density at radius 1 is 1.24 bits per heavy atom. The number of carboxylic acid groups (broad SMARTS) is 1. The number of aromatic hydroxyl groups is 1. The number of carbonyl (C=O) groups is 2. The maximum Gasteiger partial charge on any atom is 0.306 e. The molecule has 1 amide bonds. The molecule has 5 nitrogen and oxygen atoms in total. The van der Waals surface area contributed by atoms with Crippen LogP contribution in [0.25, 0.3) is 0 Å². The van der Waals surface area contributed by atoms with E-state index in [2.05, 4.69) is 5.32 Å². The fourth-order valence-electron chi connectivity index (χ4n) is 2.64. The number of benzene rings is 1.